The number of fused-ring (bicyclic) bond motifs is 1. The number of nitrogens with zero attached hydrogens (tertiary/aromatic N) is 2. The fraction of sp³-hybridized carbons (Fsp3) is 0.529. The Morgan fingerprint density at radius 1 is 1.24 bits per heavy atom. The molecule has 0 spiro atoms. The minimum absolute atomic E-state index is 0.213. The lowest BCUT2D eigenvalue weighted by atomic mass is 10.0. The highest BCUT2D eigenvalue weighted by Gasteiger charge is 2.31. The Balaban J connectivity index is 1.93. The van der Waals surface area contributed by atoms with Gasteiger partial charge in [-0.05, 0) is 46.3 Å². The van der Waals surface area contributed by atoms with Crippen LogP contribution in [0, 0.1) is 6.92 Å². The SMILES string of the molecule is CNC(c1cc2cc(C)ccc2o1)C1CN(C)CCN1C. The first-order valence-electron chi connectivity index (χ1n) is 7.64. The Morgan fingerprint density at radius 2 is 2.05 bits per heavy atom. The second-order valence-electron chi connectivity index (χ2n) is 6.27. The molecule has 1 N–H and O–H groups in total. The molecule has 1 saturated heterocycles. The number of furan rings is 1. The fourth-order valence-corrected chi connectivity index (χ4v) is 3.27. The fourth-order valence-electron chi connectivity index (χ4n) is 3.27. The van der Waals surface area contributed by atoms with Gasteiger partial charge in [0.25, 0.3) is 0 Å². The molecule has 4 heteroatoms. The average Bonchev–Trinajstić information content (AvgIpc) is 2.86. The highest BCUT2D eigenvalue weighted by molar-refractivity contribution is 5.78. The molecule has 1 aliphatic heterocycles. The van der Waals surface area contributed by atoms with E-state index in [0.717, 1.165) is 31.0 Å². The highest BCUT2D eigenvalue weighted by Crippen LogP contribution is 2.29. The molecule has 21 heavy (non-hydrogen) atoms. The summed E-state index contributed by atoms with van der Waals surface area (Å²) in [5, 5.41) is 4.64. The van der Waals surface area contributed by atoms with Crippen LogP contribution in [0.4, 0.5) is 0 Å². The third-order valence-electron chi connectivity index (χ3n) is 4.59. The van der Waals surface area contributed by atoms with E-state index in [1.54, 1.807) is 0 Å². The van der Waals surface area contributed by atoms with Gasteiger partial charge < -0.3 is 14.6 Å². The van der Waals surface area contributed by atoms with Gasteiger partial charge in [-0.25, -0.2) is 0 Å². The molecule has 0 saturated carbocycles. The summed E-state index contributed by atoms with van der Waals surface area (Å²) in [6.45, 7) is 5.39. The minimum Gasteiger partial charge on any atom is -0.459 e. The van der Waals surface area contributed by atoms with E-state index in [1.807, 2.05) is 7.05 Å². The molecule has 2 heterocycles. The van der Waals surface area contributed by atoms with Crippen LogP contribution in [0.3, 0.4) is 0 Å². The van der Waals surface area contributed by atoms with Crippen LogP contribution >= 0.6 is 0 Å². The first-order chi connectivity index (χ1) is 10.1. The van der Waals surface area contributed by atoms with Crippen LogP contribution < -0.4 is 5.32 Å². The molecule has 0 aliphatic carbocycles. The first kappa shape index (κ1) is 14.6. The van der Waals surface area contributed by atoms with Crippen molar-refractivity contribution in [2.45, 2.75) is 19.0 Å². The topological polar surface area (TPSA) is 31.7 Å². The molecule has 2 atom stereocenters. The number of likely N-dealkylation sites (N-methyl/N-ethyl adjacent to an activating group) is 3. The Bertz CT molecular complexity index is 622. The third kappa shape index (κ3) is 2.84. The second-order valence-corrected chi connectivity index (χ2v) is 6.27. The summed E-state index contributed by atoms with van der Waals surface area (Å²) in [5.74, 6) is 1.03. The van der Waals surface area contributed by atoms with E-state index >= 15 is 0 Å². The Morgan fingerprint density at radius 3 is 2.81 bits per heavy atom. The molecule has 3 rings (SSSR count). The van der Waals surface area contributed by atoms with Gasteiger partial charge in [0.2, 0.25) is 0 Å². The standard InChI is InChI=1S/C17H25N3O/c1-12-5-6-15-13(9-12)10-16(21-15)17(18-2)14-11-19(3)7-8-20(14)4/h5-6,9-10,14,17-18H,7-8,11H2,1-4H3. The normalized spacial score (nSPS) is 22.8. The van der Waals surface area contributed by atoms with Crippen molar-refractivity contribution in [3.63, 3.8) is 0 Å². The van der Waals surface area contributed by atoms with Crippen molar-refractivity contribution >= 4 is 11.0 Å². The number of rotatable bonds is 3. The van der Waals surface area contributed by atoms with E-state index in [1.165, 1.54) is 10.9 Å². The van der Waals surface area contributed by atoms with Gasteiger partial charge in [0.1, 0.15) is 11.3 Å². The Hall–Kier alpha value is -1.36. The van der Waals surface area contributed by atoms with Gasteiger partial charge in [0.15, 0.2) is 0 Å². The summed E-state index contributed by atoms with van der Waals surface area (Å²) in [4.78, 5) is 4.82. The van der Waals surface area contributed by atoms with Crippen molar-refractivity contribution < 1.29 is 4.42 Å². The summed E-state index contributed by atoms with van der Waals surface area (Å²) in [6.07, 6.45) is 0. The number of hydrogen-bond donors (Lipinski definition) is 1. The molecule has 1 fully saturated rings. The van der Waals surface area contributed by atoms with Crippen molar-refractivity contribution in [2.24, 2.45) is 0 Å². The van der Waals surface area contributed by atoms with Crippen LogP contribution in [0.15, 0.2) is 28.7 Å². The van der Waals surface area contributed by atoms with Crippen LogP contribution in [0.1, 0.15) is 17.4 Å². The Kier molecular flexibility index (Phi) is 4.02. The van der Waals surface area contributed by atoms with E-state index in [0.29, 0.717) is 6.04 Å². The van der Waals surface area contributed by atoms with Crippen LogP contribution in [0.25, 0.3) is 11.0 Å². The molecule has 4 nitrogen and oxygen atoms in total. The van der Waals surface area contributed by atoms with Crippen molar-refractivity contribution in [3.05, 3.63) is 35.6 Å². The van der Waals surface area contributed by atoms with Gasteiger partial charge >= 0.3 is 0 Å². The number of piperazine rings is 1. The number of aryl methyl sites for hydroxylation is 1. The van der Waals surface area contributed by atoms with Crippen LogP contribution in [-0.4, -0.2) is 56.6 Å². The first-order valence-corrected chi connectivity index (χ1v) is 7.64. The minimum atomic E-state index is 0.213. The van der Waals surface area contributed by atoms with Gasteiger partial charge in [-0.3, -0.25) is 4.90 Å². The predicted molar refractivity (Wildman–Crippen MR) is 86.7 cm³/mol. The summed E-state index contributed by atoms with van der Waals surface area (Å²) in [5.41, 5.74) is 2.24. The largest absolute Gasteiger partial charge is 0.459 e. The zero-order chi connectivity index (χ0) is 15.0. The van der Waals surface area contributed by atoms with Crippen molar-refractivity contribution in [1.82, 2.24) is 15.1 Å². The lowest BCUT2D eigenvalue weighted by molar-refractivity contribution is 0.0842. The molecular weight excluding hydrogens is 262 g/mol. The molecule has 1 aromatic heterocycles. The molecule has 0 radical (unpaired) electrons. The third-order valence-corrected chi connectivity index (χ3v) is 4.59. The van der Waals surface area contributed by atoms with Crippen molar-refractivity contribution in [3.8, 4) is 0 Å². The van der Waals surface area contributed by atoms with Gasteiger partial charge in [-0.2, -0.15) is 0 Å². The molecule has 1 aliphatic rings. The number of nitrogens with one attached hydrogen (secondary N) is 1. The van der Waals surface area contributed by atoms with E-state index in [9.17, 15) is 0 Å². The van der Waals surface area contributed by atoms with Crippen molar-refractivity contribution in [1.29, 1.82) is 0 Å². The van der Waals surface area contributed by atoms with Crippen LogP contribution in [0.5, 0.6) is 0 Å². The molecular formula is C17H25N3O. The maximum atomic E-state index is 6.11. The quantitative estimate of drug-likeness (QED) is 0.938. The van der Waals surface area contributed by atoms with E-state index in [2.05, 4.69) is 60.4 Å². The summed E-state index contributed by atoms with van der Waals surface area (Å²) < 4.78 is 6.11. The molecule has 1 aromatic carbocycles. The molecule has 114 valence electrons. The van der Waals surface area contributed by atoms with Gasteiger partial charge in [-0.1, -0.05) is 11.6 Å². The lowest BCUT2D eigenvalue weighted by Crippen LogP contribution is -2.54. The molecule has 2 unspecified atom stereocenters. The van der Waals surface area contributed by atoms with Crippen molar-refractivity contribution in [2.75, 3.05) is 40.8 Å². The zero-order valence-corrected chi connectivity index (χ0v) is 13.4. The van der Waals surface area contributed by atoms with Gasteiger partial charge in [0.05, 0.1) is 6.04 Å². The molecule has 0 amide bonds. The zero-order valence-electron chi connectivity index (χ0n) is 13.4. The maximum absolute atomic E-state index is 6.11. The van der Waals surface area contributed by atoms with Crippen LogP contribution in [-0.2, 0) is 0 Å². The summed E-state index contributed by atoms with van der Waals surface area (Å²) in [6, 6.07) is 9.18. The smallest absolute Gasteiger partial charge is 0.134 e. The average molecular weight is 287 g/mol. The van der Waals surface area contributed by atoms with Gasteiger partial charge in [0, 0.05) is 31.1 Å². The maximum Gasteiger partial charge on any atom is 0.134 e. The lowest BCUT2D eigenvalue weighted by Gasteiger charge is -2.41. The summed E-state index contributed by atoms with van der Waals surface area (Å²) >= 11 is 0. The number of benzene rings is 1. The monoisotopic (exact) mass is 287 g/mol. The van der Waals surface area contributed by atoms with E-state index < -0.39 is 0 Å². The Labute approximate surface area is 126 Å². The second kappa shape index (κ2) is 5.79. The van der Waals surface area contributed by atoms with E-state index in [4.69, 9.17) is 4.42 Å². The molecule has 0 bridgehead atoms. The predicted octanol–water partition coefficient (Wildman–Crippen LogP) is 2.25. The van der Waals surface area contributed by atoms with Gasteiger partial charge in [-0.15, -0.1) is 0 Å². The van der Waals surface area contributed by atoms with Crippen LogP contribution in [0.2, 0.25) is 0 Å². The number of hydrogen-bond acceptors (Lipinski definition) is 4. The molecule has 2 aromatic rings. The highest BCUT2D eigenvalue weighted by atomic mass is 16.3. The van der Waals surface area contributed by atoms with E-state index in [-0.39, 0.29) is 6.04 Å². The summed E-state index contributed by atoms with van der Waals surface area (Å²) in [7, 11) is 6.41.